The van der Waals surface area contributed by atoms with Gasteiger partial charge in [0.2, 0.25) is 0 Å². The highest BCUT2D eigenvalue weighted by molar-refractivity contribution is 9.10. The average molecular weight is 369 g/mol. The van der Waals surface area contributed by atoms with E-state index in [-0.39, 0.29) is 6.04 Å². The van der Waals surface area contributed by atoms with Crippen molar-refractivity contribution in [3.8, 4) is 5.75 Å². The molecular weight excluding hydrogens is 350 g/mol. The second kappa shape index (κ2) is 6.82. The predicted molar refractivity (Wildman–Crippen MR) is 92.5 cm³/mol. The van der Waals surface area contributed by atoms with Gasteiger partial charge in [-0.3, -0.25) is 0 Å². The minimum Gasteiger partial charge on any atom is -0.496 e. The summed E-state index contributed by atoms with van der Waals surface area (Å²) in [6.07, 6.45) is 0. The number of hydrogen-bond donors (Lipinski definition) is 1. The molecule has 2 aromatic carbocycles. The Morgan fingerprint density at radius 2 is 1.90 bits per heavy atom. The van der Waals surface area contributed by atoms with Crippen LogP contribution < -0.4 is 10.1 Å². The second-order valence-corrected chi connectivity index (χ2v) is 6.41. The van der Waals surface area contributed by atoms with E-state index in [4.69, 9.17) is 16.3 Å². The van der Waals surface area contributed by atoms with E-state index in [0.717, 1.165) is 26.4 Å². The fraction of sp³-hybridized carbons (Fsp3) is 0.294. The van der Waals surface area contributed by atoms with Crippen molar-refractivity contribution in [3.05, 3.63) is 62.1 Å². The molecule has 2 nitrogen and oxygen atoms in total. The Hall–Kier alpha value is -1.03. The van der Waals surface area contributed by atoms with Crippen LogP contribution in [-0.4, -0.2) is 14.2 Å². The molecule has 0 amide bonds. The molecule has 2 aromatic rings. The summed E-state index contributed by atoms with van der Waals surface area (Å²) in [4.78, 5) is 0. The Morgan fingerprint density at radius 3 is 2.52 bits per heavy atom. The molecular formula is C17H19BrClNO. The summed E-state index contributed by atoms with van der Waals surface area (Å²) in [5.41, 5.74) is 4.51. The SMILES string of the molecule is CNC(c1cc(Br)ccc1Cl)c1c(C)cc(C)cc1OC. The first kappa shape index (κ1) is 16.3. The van der Waals surface area contributed by atoms with Crippen LogP contribution in [0.2, 0.25) is 5.02 Å². The maximum Gasteiger partial charge on any atom is 0.124 e. The standard InChI is InChI=1S/C17H19BrClNO/c1-10-7-11(2)16(15(8-10)21-4)17(20-3)13-9-12(18)5-6-14(13)19/h5-9,17,20H,1-4H3. The van der Waals surface area contributed by atoms with Crippen LogP contribution in [0.25, 0.3) is 0 Å². The lowest BCUT2D eigenvalue weighted by Crippen LogP contribution is -2.20. The molecule has 4 heteroatoms. The van der Waals surface area contributed by atoms with Crippen LogP contribution in [0.15, 0.2) is 34.8 Å². The fourth-order valence-electron chi connectivity index (χ4n) is 2.67. The maximum atomic E-state index is 6.40. The third-order valence-corrected chi connectivity index (χ3v) is 4.40. The summed E-state index contributed by atoms with van der Waals surface area (Å²) in [6.45, 7) is 4.17. The van der Waals surface area contributed by atoms with Crippen molar-refractivity contribution in [2.75, 3.05) is 14.2 Å². The largest absolute Gasteiger partial charge is 0.496 e. The Morgan fingerprint density at radius 1 is 1.19 bits per heavy atom. The molecule has 1 N–H and O–H groups in total. The van der Waals surface area contributed by atoms with Gasteiger partial charge in [0, 0.05) is 15.1 Å². The first-order chi connectivity index (χ1) is 9.97. The van der Waals surface area contributed by atoms with Crippen molar-refractivity contribution in [1.29, 1.82) is 0 Å². The first-order valence-electron chi connectivity index (χ1n) is 6.75. The van der Waals surface area contributed by atoms with Gasteiger partial charge in [0.15, 0.2) is 0 Å². The van der Waals surface area contributed by atoms with Crippen LogP contribution in [0.5, 0.6) is 5.75 Å². The van der Waals surface area contributed by atoms with Gasteiger partial charge >= 0.3 is 0 Å². The number of aryl methyl sites for hydroxylation is 2. The average Bonchev–Trinajstić information content (AvgIpc) is 2.44. The summed E-state index contributed by atoms with van der Waals surface area (Å²) in [6, 6.07) is 10.1. The molecule has 1 atom stereocenters. The van der Waals surface area contributed by atoms with Gasteiger partial charge in [-0.1, -0.05) is 33.6 Å². The van der Waals surface area contributed by atoms with E-state index in [9.17, 15) is 0 Å². The molecule has 0 aromatic heterocycles. The summed E-state index contributed by atoms with van der Waals surface area (Å²) in [5, 5.41) is 4.09. The second-order valence-electron chi connectivity index (χ2n) is 5.09. The zero-order chi connectivity index (χ0) is 15.6. The maximum absolute atomic E-state index is 6.40. The molecule has 0 saturated heterocycles. The monoisotopic (exact) mass is 367 g/mol. The molecule has 0 aliphatic rings. The molecule has 0 spiro atoms. The normalized spacial score (nSPS) is 12.3. The van der Waals surface area contributed by atoms with E-state index >= 15 is 0 Å². The molecule has 0 aliphatic heterocycles. The number of methoxy groups -OCH3 is 1. The summed E-state index contributed by atoms with van der Waals surface area (Å²) >= 11 is 9.91. The number of hydrogen-bond acceptors (Lipinski definition) is 2. The molecule has 0 radical (unpaired) electrons. The number of nitrogens with one attached hydrogen (secondary N) is 1. The van der Waals surface area contributed by atoms with E-state index in [1.165, 1.54) is 11.1 Å². The van der Waals surface area contributed by atoms with Crippen molar-refractivity contribution in [1.82, 2.24) is 5.32 Å². The number of halogens is 2. The first-order valence-corrected chi connectivity index (χ1v) is 7.92. The van der Waals surface area contributed by atoms with Gasteiger partial charge in [0.05, 0.1) is 13.2 Å². The van der Waals surface area contributed by atoms with Gasteiger partial charge in [-0.15, -0.1) is 0 Å². The van der Waals surface area contributed by atoms with Gasteiger partial charge < -0.3 is 10.1 Å². The van der Waals surface area contributed by atoms with Crippen LogP contribution in [0.4, 0.5) is 0 Å². The topological polar surface area (TPSA) is 21.3 Å². The highest BCUT2D eigenvalue weighted by Crippen LogP contribution is 2.37. The summed E-state index contributed by atoms with van der Waals surface area (Å²) < 4.78 is 6.59. The fourth-order valence-corrected chi connectivity index (χ4v) is 3.28. The van der Waals surface area contributed by atoms with Gasteiger partial charge in [-0.2, -0.15) is 0 Å². The minimum atomic E-state index is -0.0226. The third kappa shape index (κ3) is 3.42. The Bertz CT molecular complexity index is 657. The van der Waals surface area contributed by atoms with Crippen molar-refractivity contribution >= 4 is 27.5 Å². The predicted octanol–water partition coefficient (Wildman–Crippen LogP) is 5.04. The summed E-state index contributed by atoms with van der Waals surface area (Å²) in [5.74, 6) is 0.878. The van der Waals surface area contributed by atoms with Crippen LogP contribution in [0.3, 0.4) is 0 Å². The zero-order valence-corrected chi connectivity index (χ0v) is 15.0. The Labute approximate surface area is 139 Å². The molecule has 112 valence electrons. The van der Waals surface area contributed by atoms with Crippen molar-refractivity contribution in [2.45, 2.75) is 19.9 Å². The van der Waals surface area contributed by atoms with Crippen LogP contribution in [-0.2, 0) is 0 Å². The highest BCUT2D eigenvalue weighted by atomic mass is 79.9. The smallest absolute Gasteiger partial charge is 0.124 e. The van der Waals surface area contributed by atoms with E-state index in [0.29, 0.717) is 0 Å². The lowest BCUT2D eigenvalue weighted by atomic mass is 9.93. The van der Waals surface area contributed by atoms with E-state index < -0.39 is 0 Å². The molecule has 0 bridgehead atoms. The molecule has 0 saturated carbocycles. The van der Waals surface area contributed by atoms with E-state index in [2.05, 4.69) is 47.2 Å². The molecule has 0 heterocycles. The van der Waals surface area contributed by atoms with Crippen molar-refractivity contribution < 1.29 is 4.74 Å². The lowest BCUT2D eigenvalue weighted by molar-refractivity contribution is 0.404. The van der Waals surface area contributed by atoms with Crippen molar-refractivity contribution in [3.63, 3.8) is 0 Å². The number of benzene rings is 2. The molecule has 0 fully saturated rings. The quantitative estimate of drug-likeness (QED) is 0.816. The highest BCUT2D eigenvalue weighted by Gasteiger charge is 2.21. The molecule has 0 aliphatic carbocycles. The van der Waals surface area contributed by atoms with Gasteiger partial charge in [0.25, 0.3) is 0 Å². The van der Waals surface area contributed by atoms with Crippen molar-refractivity contribution in [2.24, 2.45) is 0 Å². The third-order valence-electron chi connectivity index (χ3n) is 3.56. The molecule has 2 rings (SSSR count). The Balaban J connectivity index is 2.64. The van der Waals surface area contributed by atoms with E-state index in [1.807, 2.05) is 25.2 Å². The summed E-state index contributed by atoms with van der Waals surface area (Å²) in [7, 11) is 3.63. The van der Waals surface area contributed by atoms with Gasteiger partial charge in [-0.25, -0.2) is 0 Å². The molecule has 21 heavy (non-hydrogen) atoms. The molecule has 1 unspecified atom stereocenters. The van der Waals surface area contributed by atoms with Gasteiger partial charge in [0.1, 0.15) is 5.75 Å². The van der Waals surface area contributed by atoms with Crippen LogP contribution in [0, 0.1) is 13.8 Å². The minimum absolute atomic E-state index is 0.0226. The Kier molecular flexibility index (Phi) is 5.31. The number of ether oxygens (including phenoxy) is 1. The van der Waals surface area contributed by atoms with E-state index in [1.54, 1.807) is 7.11 Å². The zero-order valence-electron chi connectivity index (χ0n) is 12.6. The van der Waals surface area contributed by atoms with Crippen LogP contribution >= 0.6 is 27.5 Å². The van der Waals surface area contributed by atoms with Gasteiger partial charge in [-0.05, 0) is 61.9 Å². The van der Waals surface area contributed by atoms with Crippen LogP contribution in [0.1, 0.15) is 28.3 Å². The number of rotatable bonds is 4. The lowest BCUT2D eigenvalue weighted by Gasteiger charge is -2.23.